The van der Waals surface area contributed by atoms with E-state index in [1.54, 1.807) is 18.6 Å². The molecule has 132 valence electrons. The molecule has 0 amide bonds. The molecule has 0 aliphatic carbocycles. The van der Waals surface area contributed by atoms with Gasteiger partial charge in [-0.3, -0.25) is 9.88 Å². The van der Waals surface area contributed by atoms with Gasteiger partial charge in [-0.15, -0.1) is 0 Å². The third-order valence-electron chi connectivity index (χ3n) is 4.70. The Kier molecular flexibility index (Phi) is 4.80. The predicted molar refractivity (Wildman–Crippen MR) is 101 cm³/mol. The monoisotopic (exact) mass is 346 g/mol. The van der Waals surface area contributed by atoms with Crippen molar-refractivity contribution in [3.05, 3.63) is 90.3 Å². The lowest BCUT2D eigenvalue weighted by Crippen LogP contribution is -2.36. The molecule has 1 atom stereocenters. The van der Waals surface area contributed by atoms with Gasteiger partial charge in [-0.05, 0) is 17.7 Å². The molecule has 5 heteroatoms. The van der Waals surface area contributed by atoms with Crippen LogP contribution in [0.4, 0.5) is 0 Å². The minimum Gasteiger partial charge on any atom is -0.489 e. The molecule has 1 aromatic carbocycles. The highest BCUT2D eigenvalue weighted by Gasteiger charge is 2.32. The number of aromatic amines is 1. The fourth-order valence-electron chi connectivity index (χ4n) is 3.55. The Hall–Kier alpha value is -2.92. The average molecular weight is 346 g/mol. The van der Waals surface area contributed by atoms with Crippen molar-refractivity contribution in [2.45, 2.75) is 19.0 Å². The standard InChI is InChI=1S/C21H22N4O/c1-2-12-26-19-8-4-3-7-17(19)21-20-18(23-15-24-20)9-11-25(21)14-16-6-5-10-22-13-16/h2-8,10,13,15,21H,1,9,11-12,14H2,(H,23,24). The van der Waals surface area contributed by atoms with Gasteiger partial charge in [-0.25, -0.2) is 4.98 Å². The van der Waals surface area contributed by atoms with Crippen molar-refractivity contribution in [1.29, 1.82) is 0 Å². The van der Waals surface area contributed by atoms with E-state index in [0.29, 0.717) is 6.61 Å². The van der Waals surface area contributed by atoms with Gasteiger partial charge in [0.1, 0.15) is 12.4 Å². The molecule has 3 heterocycles. The van der Waals surface area contributed by atoms with Gasteiger partial charge < -0.3 is 9.72 Å². The molecule has 0 bridgehead atoms. The zero-order valence-electron chi connectivity index (χ0n) is 14.6. The van der Waals surface area contributed by atoms with Gasteiger partial charge >= 0.3 is 0 Å². The summed E-state index contributed by atoms with van der Waals surface area (Å²) in [5.74, 6) is 0.879. The molecule has 0 radical (unpaired) electrons. The molecule has 1 N–H and O–H groups in total. The number of hydrogen-bond donors (Lipinski definition) is 1. The van der Waals surface area contributed by atoms with E-state index in [1.165, 1.54) is 11.3 Å². The molecule has 2 aromatic heterocycles. The van der Waals surface area contributed by atoms with E-state index in [9.17, 15) is 0 Å². The van der Waals surface area contributed by atoms with Crippen LogP contribution in [0.5, 0.6) is 5.75 Å². The first-order valence-corrected chi connectivity index (χ1v) is 8.84. The second-order valence-electron chi connectivity index (χ2n) is 6.39. The Balaban J connectivity index is 1.73. The first-order valence-electron chi connectivity index (χ1n) is 8.84. The van der Waals surface area contributed by atoms with E-state index >= 15 is 0 Å². The number of para-hydroxylation sites is 1. The average Bonchev–Trinajstić information content (AvgIpc) is 3.16. The topological polar surface area (TPSA) is 54.0 Å². The molecule has 0 saturated heterocycles. The number of nitrogens with zero attached hydrogens (tertiary/aromatic N) is 3. The number of ether oxygens (including phenoxy) is 1. The van der Waals surface area contributed by atoms with Crippen LogP contribution in [0.15, 0.2) is 67.8 Å². The molecular formula is C21H22N4O. The van der Waals surface area contributed by atoms with E-state index in [4.69, 9.17) is 4.74 Å². The molecule has 4 rings (SSSR count). The van der Waals surface area contributed by atoms with E-state index in [1.807, 2.05) is 24.4 Å². The van der Waals surface area contributed by atoms with Gasteiger partial charge in [0.2, 0.25) is 0 Å². The first kappa shape index (κ1) is 16.5. The van der Waals surface area contributed by atoms with Gasteiger partial charge in [-0.1, -0.05) is 36.9 Å². The zero-order valence-corrected chi connectivity index (χ0v) is 14.6. The molecular weight excluding hydrogens is 324 g/mol. The van der Waals surface area contributed by atoms with Crippen molar-refractivity contribution < 1.29 is 4.74 Å². The number of pyridine rings is 1. The molecule has 0 spiro atoms. The number of H-pyrrole nitrogens is 1. The van der Waals surface area contributed by atoms with Crippen LogP contribution < -0.4 is 4.74 Å². The van der Waals surface area contributed by atoms with Crippen molar-refractivity contribution in [3.8, 4) is 5.75 Å². The van der Waals surface area contributed by atoms with Gasteiger partial charge in [0.05, 0.1) is 18.1 Å². The Morgan fingerprint density at radius 2 is 2.19 bits per heavy atom. The smallest absolute Gasteiger partial charge is 0.124 e. The van der Waals surface area contributed by atoms with Crippen LogP contribution in [-0.4, -0.2) is 33.0 Å². The summed E-state index contributed by atoms with van der Waals surface area (Å²) in [5, 5.41) is 0. The van der Waals surface area contributed by atoms with E-state index in [2.05, 4.69) is 44.6 Å². The molecule has 0 fully saturated rings. The molecule has 26 heavy (non-hydrogen) atoms. The van der Waals surface area contributed by atoms with Crippen LogP contribution in [0.1, 0.15) is 28.6 Å². The molecule has 3 aromatic rings. The van der Waals surface area contributed by atoms with Crippen molar-refractivity contribution in [1.82, 2.24) is 19.9 Å². The second-order valence-corrected chi connectivity index (χ2v) is 6.39. The normalized spacial score (nSPS) is 16.8. The summed E-state index contributed by atoms with van der Waals surface area (Å²) in [4.78, 5) is 14.6. The minimum absolute atomic E-state index is 0.0474. The SMILES string of the molecule is C=CCOc1ccccc1C1c2nc[nH]c2CCN1Cc1cccnc1. The predicted octanol–water partition coefficient (Wildman–Crippen LogP) is 3.52. The minimum atomic E-state index is 0.0474. The van der Waals surface area contributed by atoms with Crippen LogP contribution in [0.2, 0.25) is 0 Å². The van der Waals surface area contributed by atoms with E-state index < -0.39 is 0 Å². The molecule has 5 nitrogen and oxygen atoms in total. The summed E-state index contributed by atoms with van der Waals surface area (Å²) in [6.07, 6.45) is 8.25. The van der Waals surface area contributed by atoms with Crippen molar-refractivity contribution in [2.75, 3.05) is 13.2 Å². The van der Waals surface area contributed by atoms with Gasteiger partial charge in [0.25, 0.3) is 0 Å². The number of hydrogen-bond acceptors (Lipinski definition) is 4. The summed E-state index contributed by atoms with van der Waals surface area (Å²) in [6.45, 7) is 6.01. The van der Waals surface area contributed by atoms with E-state index in [-0.39, 0.29) is 6.04 Å². The van der Waals surface area contributed by atoms with Crippen LogP contribution in [0, 0.1) is 0 Å². The largest absolute Gasteiger partial charge is 0.489 e. The highest BCUT2D eigenvalue weighted by atomic mass is 16.5. The fraction of sp³-hybridized carbons (Fsp3) is 0.238. The maximum atomic E-state index is 5.93. The van der Waals surface area contributed by atoms with Crippen molar-refractivity contribution >= 4 is 0 Å². The Morgan fingerprint density at radius 1 is 1.27 bits per heavy atom. The Labute approximate surface area is 153 Å². The van der Waals surface area contributed by atoms with Crippen LogP contribution >= 0.6 is 0 Å². The molecule has 1 aliphatic heterocycles. The fourth-order valence-corrected chi connectivity index (χ4v) is 3.55. The van der Waals surface area contributed by atoms with Crippen molar-refractivity contribution in [3.63, 3.8) is 0 Å². The van der Waals surface area contributed by atoms with Crippen molar-refractivity contribution in [2.24, 2.45) is 0 Å². The molecule has 0 saturated carbocycles. The highest BCUT2D eigenvalue weighted by molar-refractivity contribution is 5.42. The lowest BCUT2D eigenvalue weighted by atomic mass is 9.94. The molecule has 1 aliphatic rings. The quantitative estimate of drug-likeness (QED) is 0.694. The van der Waals surface area contributed by atoms with Gasteiger partial charge in [-0.2, -0.15) is 0 Å². The highest BCUT2D eigenvalue weighted by Crippen LogP contribution is 2.38. The number of fused-ring (bicyclic) bond motifs is 1. The Bertz CT molecular complexity index is 874. The number of rotatable bonds is 6. The van der Waals surface area contributed by atoms with Crippen LogP contribution in [0.25, 0.3) is 0 Å². The summed E-state index contributed by atoms with van der Waals surface area (Å²) in [5.41, 5.74) is 4.61. The van der Waals surface area contributed by atoms with Crippen LogP contribution in [0.3, 0.4) is 0 Å². The third kappa shape index (κ3) is 3.26. The zero-order chi connectivity index (χ0) is 17.8. The third-order valence-corrected chi connectivity index (χ3v) is 4.70. The Morgan fingerprint density at radius 3 is 3.04 bits per heavy atom. The second kappa shape index (κ2) is 7.54. The summed E-state index contributed by atoms with van der Waals surface area (Å²) < 4.78 is 5.93. The maximum Gasteiger partial charge on any atom is 0.124 e. The van der Waals surface area contributed by atoms with E-state index in [0.717, 1.165) is 36.5 Å². The van der Waals surface area contributed by atoms with Gasteiger partial charge in [0.15, 0.2) is 0 Å². The first-order chi connectivity index (χ1) is 12.9. The lowest BCUT2D eigenvalue weighted by molar-refractivity contribution is 0.195. The molecule has 1 unspecified atom stereocenters. The number of imidazole rings is 1. The summed E-state index contributed by atoms with van der Waals surface area (Å²) in [6, 6.07) is 12.3. The summed E-state index contributed by atoms with van der Waals surface area (Å²) in [7, 11) is 0. The lowest BCUT2D eigenvalue weighted by Gasteiger charge is -2.35. The summed E-state index contributed by atoms with van der Waals surface area (Å²) >= 11 is 0. The number of benzene rings is 1. The van der Waals surface area contributed by atoms with Gasteiger partial charge in [0, 0.05) is 43.2 Å². The maximum absolute atomic E-state index is 5.93. The number of aromatic nitrogens is 3. The van der Waals surface area contributed by atoms with Crippen LogP contribution in [-0.2, 0) is 13.0 Å². The number of nitrogens with one attached hydrogen (secondary N) is 1.